The van der Waals surface area contributed by atoms with Crippen molar-refractivity contribution in [2.75, 3.05) is 5.75 Å². The van der Waals surface area contributed by atoms with Crippen molar-refractivity contribution in [2.24, 2.45) is 17.4 Å². The monoisotopic (exact) mass is 477 g/mol. The summed E-state index contributed by atoms with van der Waals surface area (Å²) in [5, 5.41) is 25.0. The van der Waals surface area contributed by atoms with E-state index < -0.39 is 72.1 Å². The van der Waals surface area contributed by atoms with Crippen LogP contribution in [0.25, 0.3) is 0 Å². The number of primary amides is 1. The zero-order valence-electron chi connectivity index (χ0n) is 17.9. The van der Waals surface area contributed by atoms with Crippen LogP contribution < -0.4 is 27.4 Å². The second-order valence-electron chi connectivity index (χ2n) is 7.42. The summed E-state index contributed by atoms with van der Waals surface area (Å²) in [5.41, 5.74) is 10.7. The Hall–Kier alpha value is -2.87. The van der Waals surface area contributed by atoms with E-state index in [-0.39, 0.29) is 25.0 Å². The van der Waals surface area contributed by atoms with Crippen LogP contribution in [-0.2, 0) is 28.8 Å². The van der Waals surface area contributed by atoms with E-state index in [2.05, 4.69) is 28.6 Å². The summed E-state index contributed by atoms with van der Waals surface area (Å²) in [5.74, 6) is -6.23. The van der Waals surface area contributed by atoms with Gasteiger partial charge < -0.3 is 37.6 Å². The van der Waals surface area contributed by atoms with Gasteiger partial charge in [-0.15, -0.1) is 0 Å². The standard InChI is InChI=1S/C18H31N5O8S/c1-8(2)14(17(29)22-11(18(30)31)4-6-13(25)26)23-16(28)10(3-5-12(20)24)21-15(27)9(19)7-32/h8-11,14,32H,3-7,19H2,1-2H3,(H2,20,24)(H,21,27)(H,22,29)(H,23,28)(H,25,26)(H,30,31). The van der Waals surface area contributed by atoms with Gasteiger partial charge in [-0.1, -0.05) is 13.8 Å². The highest BCUT2D eigenvalue weighted by molar-refractivity contribution is 7.80. The molecule has 0 rings (SSSR count). The van der Waals surface area contributed by atoms with Gasteiger partial charge >= 0.3 is 11.9 Å². The fourth-order valence-corrected chi connectivity index (χ4v) is 2.66. The van der Waals surface area contributed by atoms with Gasteiger partial charge in [-0.25, -0.2) is 4.79 Å². The van der Waals surface area contributed by atoms with Gasteiger partial charge in [-0.2, -0.15) is 12.6 Å². The largest absolute Gasteiger partial charge is 0.481 e. The minimum Gasteiger partial charge on any atom is -0.481 e. The molecular formula is C18H31N5O8S. The van der Waals surface area contributed by atoms with Gasteiger partial charge in [0.25, 0.3) is 0 Å². The Morgan fingerprint density at radius 1 is 0.844 bits per heavy atom. The Morgan fingerprint density at radius 3 is 1.81 bits per heavy atom. The summed E-state index contributed by atoms with van der Waals surface area (Å²) in [7, 11) is 0. The molecule has 4 unspecified atom stereocenters. The highest BCUT2D eigenvalue weighted by Crippen LogP contribution is 2.07. The van der Waals surface area contributed by atoms with Crippen molar-refractivity contribution < 1.29 is 39.0 Å². The minimum absolute atomic E-state index is 0.0000630. The number of aliphatic carboxylic acids is 2. The molecule has 0 saturated carbocycles. The number of carbonyl (C=O) groups is 6. The number of hydrogen-bond donors (Lipinski definition) is 8. The molecule has 13 nitrogen and oxygen atoms in total. The Morgan fingerprint density at radius 2 is 1.38 bits per heavy atom. The van der Waals surface area contributed by atoms with Crippen LogP contribution in [0.1, 0.15) is 39.5 Å². The maximum atomic E-state index is 12.7. The van der Waals surface area contributed by atoms with Gasteiger partial charge in [-0.05, 0) is 18.8 Å². The number of nitrogens with two attached hydrogens (primary N) is 2. The van der Waals surface area contributed by atoms with Crippen LogP contribution in [0.15, 0.2) is 0 Å². The normalized spacial score (nSPS) is 14.5. The number of carboxylic acids is 2. The number of nitrogens with one attached hydrogen (secondary N) is 3. The third-order valence-corrected chi connectivity index (χ3v) is 4.75. The quantitative estimate of drug-likeness (QED) is 0.117. The molecule has 0 bridgehead atoms. The maximum Gasteiger partial charge on any atom is 0.326 e. The lowest BCUT2D eigenvalue weighted by molar-refractivity contribution is -0.143. The molecule has 0 aromatic carbocycles. The molecule has 0 radical (unpaired) electrons. The number of thiol groups is 1. The molecule has 0 aliphatic carbocycles. The first kappa shape index (κ1) is 29.1. The lowest BCUT2D eigenvalue weighted by Gasteiger charge is -2.27. The van der Waals surface area contributed by atoms with Crippen LogP contribution in [0.4, 0.5) is 0 Å². The van der Waals surface area contributed by atoms with Crippen molar-refractivity contribution in [3.05, 3.63) is 0 Å². The number of rotatable bonds is 15. The van der Waals surface area contributed by atoms with Crippen molar-refractivity contribution in [1.82, 2.24) is 16.0 Å². The van der Waals surface area contributed by atoms with Crippen LogP contribution in [0.3, 0.4) is 0 Å². The summed E-state index contributed by atoms with van der Waals surface area (Å²) >= 11 is 3.90. The third-order valence-electron chi connectivity index (χ3n) is 4.35. The second-order valence-corrected chi connectivity index (χ2v) is 7.78. The average Bonchev–Trinajstić information content (AvgIpc) is 2.70. The van der Waals surface area contributed by atoms with E-state index in [4.69, 9.17) is 16.6 Å². The first-order chi connectivity index (χ1) is 14.8. The van der Waals surface area contributed by atoms with Crippen LogP contribution in [-0.4, -0.2) is 75.7 Å². The third kappa shape index (κ3) is 10.9. The van der Waals surface area contributed by atoms with Crippen molar-refractivity contribution in [1.29, 1.82) is 0 Å². The number of carbonyl (C=O) groups excluding carboxylic acids is 4. The highest BCUT2D eigenvalue weighted by atomic mass is 32.1. The highest BCUT2D eigenvalue weighted by Gasteiger charge is 2.32. The molecule has 4 atom stereocenters. The smallest absolute Gasteiger partial charge is 0.326 e. The van der Waals surface area contributed by atoms with E-state index >= 15 is 0 Å². The van der Waals surface area contributed by atoms with Gasteiger partial charge in [0, 0.05) is 18.6 Å². The average molecular weight is 478 g/mol. The van der Waals surface area contributed by atoms with Crippen molar-refractivity contribution >= 4 is 48.2 Å². The molecule has 9 N–H and O–H groups in total. The molecule has 0 aromatic rings. The zero-order chi connectivity index (χ0) is 25.0. The Balaban J connectivity index is 5.42. The van der Waals surface area contributed by atoms with Gasteiger partial charge in [0.05, 0.1) is 6.04 Å². The van der Waals surface area contributed by atoms with Crippen LogP contribution >= 0.6 is 12.6 Å². The molecule has 4 amide bonds. The maximum absolute atomic E-state index is 12.7. The SMILES string of the molecule is CC(C)C(NC(=O)C(CCC(N)=O)NC(=O)C(N)CS)C(=O)NC(CCC(=O)O)C(=O)O. The molecule has 0 aromatic heterocycles. The first-order valence-electron chi connectivity index (χ1n) is 9.80. The predicted molar refractivity (Wildman–Crippen MR) is 115 cm³/mol. The molecule has 0 aliphatic rings. The molecule has 182 valence electrons. The number of carboxylic acid groups (broad SMARTS) is 2. The van der Waals surface area contributed by atoms with Gasteiger partial charge in [0.2, 0.25) is 23.6 Å². The van der Waals surface area contributed by atoms with Crippen molar-refractivity contribution in [3.63, 3.8) is 0 Å². The van der Waals surface area contributed by atoms with Crippen LogP contribution in [0.5, 0.6) is 0 Å². The molecule has 32 heavy (non-hydrogen) atoms. The van der Waals surface area contributed by atoms with Crippen molar-refractivity contribution in [2.45, 2.75) is 63.7 Å². The number of amides is 4. The van der Waals surface area contributed by atoms with E-state index in [1.54, 1.807) is 13.8 Å². The summed E-state index contributed by atoms with van der Waals surface area (Å²) in [6.45, 7) is 3.18. The topological polar surface area (TPSA) is 231 Å². The predicted octanol–water partition coefficient (Wildman–Crippen LogP) is -2.43. The molecule has 0 heterocycles. The molecule has 14 heteroatoms. The first-order valence-corrected chi connectivity index (χ1v) is 10.4. The van der Waals surface area contributed by atoms with Crippen LogP contribution in [0, 0.1) is 5.92 Å². The molecule has 0 aliphatic heterocycles. The summed E-state index contributed by atoms with van der Waals surface area (Å²) in [6.07, 6.45) is -1.23. The lowest BCUT2D eigenvalue weighted by atomic mass is 10.0. The lowest BCUT2D eigenvalue weighted by Crippen LogP contribution is -2.58. The fourth-order valence-electron chi connectivity index (χ4n) is 2.49. The molecule has 0 spiro atoms. The minimum atomic E-state index is -1.48. The van der Waals surface area contributed by atoms with Gasteiger partial charge in [0.15, 0.2) is 0 Å². The molecule has 0 saturated heterocycles. The summed E-state index contributed by atoms with van der Waals surface area (Å²) < 4.78 is 0. The van der Waals surface area contributed by atoms with E-state index in [0.29, 0.717) is 0 Å². The Kier molecular flexibility index (Phi) is 13.0. The van der Waals surface area contributed by atoms with E-state index in [9.17, 15) is 33.9 Å². The summed E-state index contributed by atoms with van der Waals surface area (Å²) in [4.78, 5) is 70.6. The Labute approximate surface area is 190 Å². The fraction of sp³-hybridized carbons (Fsp3) is 0.667. The van der Waals surface area contributed by atoms with Gasteiger partial charge in [-0.3, -0.25) is 24.0 Å². The molecule has 0 fully saturated rings. The Bertz CT molecular complexity index is 717. The van der Waals surface area contributed by atoms with E-state index in [1.807, 2.05) is 0 Å². The van der Waals surface area contributed by atoms with Gasteiger partial charge in [0.1, 0.15) is 18.1 Å². The molecular weight excluding hydrogens is 446 g/mol. The van der Waals surface area contributed by atoms with E-state index in [0.717, 1.165) is 0 Å². The van der Waals surface area contributed by atoms with Crippen molar-refractivity contribution in [3.8, 4) is 0 Å². The summed E-state index contributed by atoms with van der Waals surface area (Å²) in [6, 6.07) is -4.94. The zero-order valence-corrected chi connectivity index (χ0v) is 18.8. The van der Waals surface area contributed by atoms with Crippen LogP contribution in [0.2, 0.25) is 0 Å². The van der Waals surface area contributed by atoms with E-state index in [1.165, 1.54) is 0 Å². The second kappa shape index (κ2) is 14.2. The number of hydrogen-bond acceptors (Lipinski definition) is 8.